The number of hydrogen-bond acceptors (Lipinski definition) is 7. The van der Waals surface area contributed by atoms with Crippen LogP contribution >= 0.6 is 0 Å². The van der Waals surface area contributed by atoms with Crippen molar-refractivity contribution >= 4 is 41.4 Å². The second-order valence-corrected chi connectivity index (χ2v) is 19.5. The number of benzene rings is 1. The number of carbonyl (C=O) groups excluding carboxylic acids is 7. The van der Waals surface area contributed by atoms with Crippen LogP contribution in [0.4, 0.5) is 4.79 Å². The summed E-state index contributed by atoms with van der Waals surface area (Å²) in [7, 11) is 3.14. The number of nitrogens with zero attached hydrogens (tertiary/aromatic N) is 2. The van der Waals surface area contributed by atoms with Gasteiger partial charge >= 0.3 is 6.03 Å². The van der Waals surface area contributed by atoms with Crippen LogP contribution in [0.1, 0.15) is 105 Å². The molecule has 57 heavy (non-hydrogen) atoms. The Kier molecular flexibility index (Phi) is 11.9. The van der Waals surface area contributed by atoms with E-state index < -0.39 is 59.6 Å². The molecule has 0 radical (unpaired) electrons. The Bertz CT molecular complexity index is 1720. The molecule has 1 saturated heterocycles. The highest BCUT2D eigenvalue weighted by Gasteiger charge is 2.70. The molecule has 14 nitrogen and oxygen atoms in total. The Balaban J connectivity index is 1.10. The second-order valence-electron chi connectivity index (χ2n) is 19.5. The van der Waals surface area contributed by atoms with Gasteiger partial charge in [-0.1, -0.05) is 78.3 Å². The Morgan fingerprint density at radius 3 is 2.02 bits per heavy atom. The van der Waals surface area contributed by atoms with Crippen LogP contribution in [0.15, 0.2) is 30.3 Å². The zero-order valence-electron chi connectivity index (χ0n) is 34.9. The fourth-order valence-electron chi connectivity index (χ4n) is 10.9. The first-order chi connectivity index (χ1) is 26.7. The summed E-state index contributed by atoms with van der Waals surface area (Å²) in [4.78, 5) is 98.0. The Labute approximate surface area is 336 Å². The molecule has 1 aliphatic heterocycles. The van der Waals surface area contributed by atoms with Crippen molar-refractivity contribution in [1.82, 2.24) is 36.4 Å². The molecule has 1 heterocycles. The Morgan fingerprint density at radius 2 is 1.47 bits per heavy atom. The molecule has 6 aliphatic rings. The van der Waals surface area contributed by atoms with Crippen LogP contribution in [-0.4, -0.2) is 102 Å². The molecule has 1 aromatic rings. The Morgan fingerprint density at radius 1 is 0.877 bits per heavy atom. The van der Waals surface area contributed by atoms with Gasteiger partial charge in [0.1, 0.15) is 18.1 Å². The number of amides is 7. The van der Waals surface area contributed by atoms with Crippen LogP contribution in [-0.2, 0) is 28.8 Å². The summed E-state index contributed by atoms with van der Waals surface area (Å²) in [6.45, 7) is 11.4. The fourth-order valence-corrected chi connectivity index (χ4v) is 10.9. The predicted octanol–water partition coefficient (Wildman–Crippen LogP) is 3.07. The molecule has 7 rings (SSSR count). The van der Waals surface area contributed by atoms with E-state index in [0.717, 1.165) is 19.3 Å². The van der Waals surface area contributed by atoms with E-state index in [1.807, 2.05) is 27.7 Å². The highest BCUT2D eigenvalue weighted by atomic mass is 16.2. The van der Waals surface area contributed by atoms with Crippen LogP contribution < -0.4 is 26.6 Å². The highest BCUT2D eigenvalue weighted by molar-refractivity contribution is 6.38. The van der Waals surface area contributed by atoms with Crippen LogP contribution in [0.25, 0.3) is 0 Å². The molecular formula is C43H63N7O7. The van der Waals surface area contributed by atoms with E-state index in [1.54, 1.807) is 49.3 Å². The Hall–Kier alpha value is -4.49. The van der Waals surface area contributed by atoms with Crippen LogP contribution in [0.3, 0.4) is 0 Å². The lowest BCUT2D eigenvalue weighted by Crippen LogP contribution is -2.65. The first-order valence-electron chi connectivity index (χ1n) is 20.8. The van der Waals surface area contributed by atoms with Gasteiger partial charge in [-0.2, -0.15) is 0 Å². The van der Waals surface area contributed by atoms with Gasteiger partial charge < -0.3 is 36.4 Å². The number of carbonyl (C=O) groups is 7. The van der Waals surface area contributed by atoms with Crippen molar-refractivity contribution < 1.29 is 33.6 Å². The normalized spacial score (nSPS) is 29.2. The third-order valence-corrected chi connectivity index (χ3v) is 13.5. The van der Waals surface area contributed by atoms with Gasteiger partial charge in [0, 0.05) is 26.2 Å². The van der Waals surface area contributed by atoms with Crippen LogP contribution in [0.5, 0.6) is 0 Å². The first-order valence-corrected chi connectivity index (χ1v) is 20.8. The minimum atomic E-state index is -1.20. The number of fused-ring (bicyclic) bond motifs is 1. The molecule has 0 spiro atoms. The summed E-state index contributed by atoms with van der Waals surface area (Å²) in [5.41, 5.74) is -0.576. The number of likely N-dealkylation sites (N-methyl/N-ethyl adjacent to an activating group) is 1. The number of urea groups is 1. The molecule has 5 aliphatic carbocycles. The molecule has 14 heteroatoms. The number of rotatable bonds is 14. The van der Waals surface area contributed by atoms with Gasteiger partial charge in [0.2, 0.25) is 29.4 Å². The first kappa shape index (κ1) is 42.1. The molecule has 1 aromatic carbocycles. The molecule has 5 unspecified atom stereocenters. The smallest absolute Gasteiger partial charge is 0.315 e. The molecule has 6 fully saturated rings. The van der Waals surface area contributed by atoms with Gasteiger partial charge in [0.25, 0.3) is 5.91 Å². The topological polar surface area (TPSA) is 186 Å². The van der Waals surface area contributed by atoms with Crippen molar-refractivity contribution in [3.05, 3.63) is 35.9 Å². The number of ketones is 1. The zero-order valence-corrected chi connectivity index (χ0v) is 34.9. The molecule has 4 bridgehead atoms. The molecular weight excluding hydrogens is 727 g/mol. The van der Waals surface area contributed by atoms with E-state index in [2.05, 4.69) is 40.4 Å². The van der Waals surface area contributed by atoms with E-state index >= 15 is 0 Å². The molecule has 312 valence electrons. The fraction of sp³-hybridized carbons (Fsp3) is 0.698. The maximum atomic E-state index is 14.5. The average Bonchev–Trinajstić information content (AvgIpc) is 3.43. The molecule has 7 amide bonds. The zero-order chi connectivity index (χ0) is 41.6. The van der Waals surface area contributed by atoms with E-state index in [1.165, 1.54) is 24.2 Å². The minimum absolute atomic E-state index is 0.0555. The summed E-state index contributed by atoms with van der Waals surface area (Å²) < 4.78 is 0. The molecule has 6 atom stereocenters. The van der Waals surface area contributed by atoms with Crippen molar-refractivity contribution in [1.29, 1.82) is 0 Å². The van der Waals surface area contributed by atoms with Gasteiger partial charge in [0.05, 0.1) is 12.6 Å². The molecule has 5 N–H and O–H groups in total. The van der Waals surface area contributed by atoms with E-state index in [0.29, 0.717) is 36.3 Å². The monoisotopic (exact) mass is 789 g/mol. The van der Waals surface area contributed by atoms with Gasteiger partial charge in [-0.05, 0) is 90.9 Å². The van der Waals surface area contributed by atoms with Gasteiger partial charge in [-0.15, -0.1) is 0 Å². The quantitative estimate of drug-likeness (QED) is 0.179. The number of likely N-dealkylation sites (tertiary alicyclic amines) is 1. The number of nitrogens with one attached hydrogen (secondary N) is 5. The summed E-state index contributed by atoms with van der Waals surface area (Å²) in [5, 5.41) is 14.2. The lowest BCUT2D eigenvalue weighted by molar-refractivity contribution is -0.145. The van der Waals surface area contributed by atoms with Gasteiger partial charge in [-0.3, -0.25) is 28.8 Å². The third kappa shape index (κ3) is 8.84. The number of hydrogen-bond donors (Lipinski definition) is 5. The molecule has 0 aromatic heterocycles. The minimum Gasteiger partial charge on any atom is -0.347 e. The van der Waals surface area contributed by atoms with Crippen molar-refractivity contribution in [3.8, 4) is 0 Å². The van der Waals surface area contributed by atoms with Gasteiger partial charge in [-0.25, -0.2) is 4.79 Å². The summed E-state index contributed by atoms with van der Waals surface area (Å²) in [6.07, 6.45) is 7.28. The predicted molar refractivity (Wildman–Crippen MR) is 213 cm³/mol. The summed E-state index contributed by atoms with van der Waals surface area (Å²) in [5.74, 6) is -2.08. The SMILES string of the molecule is CCCC(NC(=O)[C@@H]1C2C(CN1C(=O)C(NC(=O)NC13CC4CC(CC(C4)C1)C3)C(C)(C)C)C2(C)C)C(=O)C(=O)NCC(=O)NC(C(=O)N(C)C)c1ccccc1. The maximum absolute atomic E-state index is 14.5. The number of piperidine rings is 1. The van der Waals surface area contributed by atoms with Crippen molar-refractivity contribution in [2.75, 3.05) is 27.2 Å². The van der Waals surface area contributed by atoms with Crippen LogP contribution in [0.2, 0.25) is 0 Å². The van der Waals surface area contributed by atoms with E-state index in [-0.39, 0.29) is 47.1 Å². The molecule has 5 saturated carbocycles. The summed E-state index contributed by atoms with van der Waals surface area (Å²) >= 11 is 0. The third-order valence-electron chi connectivity index (χ3n) is 13.5. The van der Waals surface area contributed by atoms with Crippen molar-refractivity contribution in [2.45, 2.75) is 123 Å². The lowest BCUT2D eigenvalue weighted by atomic mass is 9.53. The lowest BCUT2D eigenvalue weighted by Gasteiger charge is -2.56. The maximum Gasteiger partial charge on any atom is 0.315 e. The van der Waals surface area contributed by atoms with Gasteiger partial charge in [0.15, 0.2) is 0 Å². The number of Topliss-reactive ketones (excluding diaryl/α,β-unsaturated/α-hetero) is 1. The van der Waals surface area contributed by atoms with Crippen LogP contribution in [0, 0.1) is 40.4 Å². The largest absolute Gasteiger partial charge is 0.347 e. The highest BCUT2D eigenvalue weighted by Crippen LogP contribution is 2.65. The van der Waals surface area contributed by atoms with Crippen molar-refractivity contribution in [3.63, 3.8) is 0 Å². The standard InChI is InChI=1S/C43H63N7O7/c1-9-13-29(34(52)37(54)44-22-30(51)46-32(38(55)49(7)8)27-14-11-10-12-15-27)45-36(53)33-31-28(42(31,5)6)23-50(33)39(56)35(41(2,3)4)47-40(57)48-43-19-24-16-25(20-43)18-26(17-24)21-43/h10-12,14-15,24-26,28-29,31-33,35H,9,13,16-23H2,1-8H3,(H,44,54)(H,45,53)(H,46,51)(H2,47,48,57)/t24?,25?,26?,28?,29?,31?,32?,33-,35?,43?/m0/s1. The van der Waals surface area contributed by atoms with Crippen molar-refractivity contribution in [2.24, 2.45) is 40.4 Å². The average molecular weight is 790 g/mol. The van der Waals surface area contributed by atoms with E-state index in [4.69, 9.17) is 0 Å². The van der Waals surface area contributed by atoms with E-state index in [9.17, 15) is 33.6 Å². The second kappa shape index (κ2) is 16.0. The summed E-state index contributed by atoms with van der Waals surface area (Å²) in [6, 6.07) is 4.32.